The molecule has 2 N–H and O–H groups in total. The van der Waals surface area contributed by atoms with Gasteiger partial charge in [-0.3, -0.25) is 5.32 Å². The number of pyridine rings is 1. The smallest absolute Gasteiger partial charge is 0.292 e. The van der Waals surface area contributed by atoms with Crippen molar-refractivity contribution >= 4 is 11.8 Å². The number of hydrogen-bond donors (Lipinski definition) is 2. The first-order valence-electron chi connectivity index (χ1n) is 3.95. The van der Waals surface area contributed by atoms with Crippen LogP contribution in [0.4, 0.5) is 23.8 Å². The van der Waals surface area contributed by atoms with Crippen LogP contribution in [0.1, 0.15) is 5.56 Å². The van der Waals surface area contributed by atoms with E-state index in [1.807, 2.05) is 5.32 Å². The molecule has 0 aromatic carbocycles. The number of alkyl halides is 3. The highest BCUT2D eigenvalue weighted by molar-refractivity contribution is 5.88. The Morgan fingerprint density at radius 1 is 1.47 bits per heavy atom. The Balaban J connectivity index is 2.59. The van der Waals surface area contributed by atoms with Crippen molar-refractivity contribution in [3.63, 3.8) is 0 Å². The van der Waals surface area contributed by atoms with Gasteiger partial charge in [0.1, 0.15) is 5.82 Å². The summed E-state index contributed by atoms with van der Waals surface area (Å²) in [6, 6.07) is 1.75. The maximum absolute atomic E-state index is 11.7. The van der Waals surface area contributed by atoms with E-state index in [-0.39, 0.29) is 5.82 Å². The summed E-state index contributed by atoms with van der Waals surface area (Å²) in [5.74, 6) is 0.0664. The molecule has 2 amide bonds. The molecule has 0 radical (unpaired) electrons. The molecule has 1 aromatic heterocycles. The molecule has 0 saturated heterocycles. The molecule has 0 fully saturated rings. The molecule has 0 atom stereocenters. The van der Waals surface area contributed by atoms with Gasteiger partial charge in [-0.1, -0.05) is 0 Å². The molecule has 1 rings (SSSR count). The van der Waals surface area contributed by atoms with Crippen molar-refractivity contribution in [3.05, 3.63) is 23.9 Å². The molecule has 0 saturated carbocycles. The lowest BCUT2D eigenvalue weighted by Gasteiger charge is -2.09. The molecule has 15 heavy (non-hydrogen) atoms. The zero-order valence-electron chi connectivity index (χ0n) is 7.72. The normalized spacial score (nSPS) is 10.9. The van der Waals surface area contributed by atoms with Gasteiger partial charge in [-0.05, 0) is 24.6 Å². The minimum Gasteiger partial charge on any atom is -0.292 e. The summed E-state index contributed by atoms with van der Waals surface area (Å²) in [5, 5.41) is 2.76. The Hall–Kier alpha value is -1.79. The number of anilines is 1. The second-order valence-corrected chi connectivity index (χ2v) is 2.80. The summed E-state index contributed by atoms with van der Waals surface area (Å²) in [6.45, 7) is 1.73. The highest BCUT2D eigenvalue weighted by atomic mass is 19.4. The quantitative estimate of drug-likeness (QED) is 0.710. The Labute approximate surface area is 83.5 Å². The number of nitrogens with zero attached hydrogens (tertiary/aromatic N) is 1. The van der Waals surface area contributed by atoms with Crippen LogP contribution in [0, 0.1) is 6.92 Å². The summed E-state index contributed by atoms with van der Waals surface area (Å²) in [7, 11) is 0. The van der Waals surface area contributed by atoms with Crippen LogP contribution < -0.4 is 10.6 Å². The maximum Gasteiger partial charge on any atom is 0.485 e. The number of rotatable bonds is 1. The van der Waals surface area contributed by atoms with Crippen LogP contribution in [-0.2, 0) is 0 Å². The van der Waals surface area contributed by atoms with Gasteiger partial charge in [-0.15, -0.1) is 0 Å². The lowest BCUT2D eigenvalue weighted by atomic mass is 10.3. The van der Waals surface area contributed by atoms with Gasteiger partial charge in [-0.25, -0.2) is 15.1 Å². The van der Waals surface area contributed by atoms with E-state index < -0.39 is 12.3 Å². The van der Waals surface area contributed by atoms with Crippen molar-refractivity contribution < 1.29 is 18.0 Å². The number of aromatic nitrogens is 1. The van der Waals surface area contributed by atoms with Crippen molar-refractivity contribution in [3.8, 4) is 0 Å². The molecular formula is C8H8F3N3O. The molecule has 82 valence electrons. The predicted molar refractivity (Wildman–Crippen MR) is 47.2 cm³/mol. The molecule has 7 heteroatoms. The van der Waals surface area contributed by atoms with Crippen molar-refractivity contribution in [2.24, 2.45) is 0 Å². The Kier molecular flexibility index (Phi) is 3.13. The number of carbonyl (C=O) groups is 1. The first kappa shape index (κ1) is 11.3. The topological polar surface area (TPSA) is 54.0 Å². The van der Waals surface area contributed by atoms with Crippen LogP contribution in [0.15, 0.2) is 18.3 Å². The summed E-state index contributed by atoms with van der Waals surface area (Å²) in [4.78, 5) is 14.4. The SMILES string of the molecule is Cc1ccnc(NC(=O)NC(F)(F)F)c1. The van der Waals surface area contributed by atoms with Crippen LogP contribution >= 0.6 is 0 Å². The molecular weight excluding hydrogens is 211 g/mol. The third kappa shape index (κ3) is 4.30. The first-order valence-corrected chi connectivity index (χ1v) is 3.95. The summed E-state index contributed by atoms with van der Waals surface area (Å²) in [5.41, 5.74) is 0.785. The van der Waals surface area contributed by atoms with Gasteiger partial charge >= 0.3 is 12.3 Å². The standard InChI is InChI=1S/C8H8F3N3O/c1-5-2-3-12-6(4-5)13-7(15)14-8(9,10)11/h2-4H,1H3,(H2,12,13,14,15). The van der Waals surface area contributed by atoms with E-state index in [1.54, 1.807) is 13.0 Å². The second kappa shape index (κ2) is 4.16. The molecule has 0 aliphatic carbocycles. The number of nitrogens with one attached hydrogen (secondary N) is 2. The van der Waals surface area contributed by atoms with Crippen molar-refractivity contribution in [2.75, 3.05) is 5.32 Å². The second-order valence-electron chi connectivity index (χ2n) is 2.80. The fraction of sp³-hybridized carbons (Fsp3) is 0.250. The maximum atomic E-state index is 11.7. The number of carbonyl (C=O) groups excluding carboxylic acids is 1. The van der Waals surface area contributed by atoms with Crippen LogP contribution in [-0.4, -0.2) is 17.3 Å². The minimum absolute atomic E-state index is 0.0664. The van der Waals surface area contributed by atoms with E-state index >= 15 is 0 Å². The summed E-state index contributed by atoms with van der Waals surface area (Å²) >= 11 is 0. The molecule has 1 aromatic rings. The molecule has 0 aliphatic heterocycles. The number of halogens is 3. The van der Waals surface area contributed by atoms with Crippen LogP contribution in [0.2, 0.25) is 0 Å². The monoisotopic (exact) mass is 219 g/mol. The Bertz CT molecular complexity index is 364. The molecule has 0 spiro atoms. The lowest BCUT2D eigenvalue weighted by molar-refractivity contribution is -0.144. The Morgan fingerprint density at radius 3 is 2.67 bits per heavy atom. The fourth-order valence-corrected chi connectivity index (χ4v) is 0.881. The van der Waals surface area contributed by atoms with E-state index in [2.05, 4.69) is 4.98 Å². The zero-order valence-corrected chi connectivity index (χ0v) is 7.72. The number of hydrogen-bond acceptors (Lipinski definition) is 2. The largest absolute Gasteiger partial charge is 0.485 e. The van der Waals surface area contributed by atoms with Gasteiger partial charge in [0.25, 0.3) is 0 Å². The van der Waals surface area contributed by atoms with Gasteiger partial charge in [0.05, 0.1) is 0 Å². The van der Waals surface area contributed by atoms with Crippen LogP contribution in [0.3, 0.4) is 0 Å². The van der Waals surface area contributed by atoms with Crippen molar-refractivity contribution in [1.29, 1.82) is 0 Å². The van der Waals surface area contributed by atoms with Gasteiger partial charge < -0.3 is 0 Å². The molecule has 1 heterocycles. The van der Waals surface area contributed by atoms with E-state index in [0.717, 1.165) is 10.9 Å². The summed E-state index contributed by atoms with van der Waals surface area (Å²) < 4.78 is 35.1. The van der Waals surface area contributed by atoms with E-state index in [9.17, 15) is 18.0 Å². The van der Waals surface area contributed by atoms with E-state index in [1.165, 1.54) is 12.3 Å². The van der Waals surface area contributed by atoms with Crippen LogP contribution in [0.5, 0.6) is 0 Å². The average molecular weight is 219 g/mol. The predicted octanol–water partition coefficient (Wildman–Crippen LogP) is 2.03. The zero-order chi connectivity index (χ0) is 11.5. The molecule has 4 nitrogen and oxygen atoms in total. The highest BCUT2D eigenvalue weighted by Crippen LogP contribution is 2.10. The van der Waals surface area contributed by atoms with Gasteiger partial charge in [0.2, 0.25) is 0 Å². The lowest BCUT2D eigenvalue weighted by Crippen LogP contribution is -2.40. The fourth-order valence-electron chi connectivity index (χ4n) is 0.881. The summed E-state index contributed by atoms with van der Waals surface area (Å²) in [6.07, 6.45) is -3.35. The van der Waals surface area contributed by atoms with Crippen LogP contribution in [0.25, 0.3) is 0 Å². The Morgan fingerprint density at radius 2 is 2.13 bits per heavy atom. The molecule has 0 aliphatic rings. The molecule has 0 bridgehead atoms. The number of urea groups is 1. The number of aryl methyl sites for hydroxylation is 1. The number of amides is 2. The average Bonchev–Trinajstić information content (AvgIpc) is 1.99. The van der Waals surface area contributed by atoms with E-state index in [4.69, 9.17) is 0 Å². The van der Waals surface area contributed by atoms with Crippen molar-refractivity contribution in [2.45, 2.75) is 13.2 Å². The van der Waals surface area contributed by atoms with Crippen molar-refractivity contribution in [1.82, 2.24) is 10.3 Å². The van der Waals surface area contributed by atoms with E-state index in [0.29, 0.717) is 0 Å². The van der Waals surface area contributed by atoms with Gasteiger partial charge in [0.15, 0.2) is 0 Å². The third-order valence-corrected chi connectivity index (χ3v) is 1.41. The minimum atomic E-state index is -4.74. The highest BCUT2D eigenvalue weighted by Gasteiger charge is 2.30. The first-order chi connectivity index (χ1) is 6.87. The van der Waals surface area contributed by atoms with Gasteiger partial charge in [0, 0.05) is 6.20 Å². The van der Waals surface area contributed by atoms with Gasteiger partial charge in [-0.2, -0.15) is 13.2 Å². The molecule has 0 unspecified atom stereocenters. The third-order valence-electron chi connectivity index (χ3n) is 1.41.